The van der Waals surface area contributed by atoms with Crippen LogP contribution in [0.1, 0.15) is 36.2 Å². The Balaban J connectivity index is 1.80. The van der Waals surface area contributed by atoms with Crippen molar-refractivity contribution in [1.82, 2.24) is 5.32 Å². The SMILES string of the molecule is Cc1c(C(C)NC2CCCOC2)sc2ccccc12. The first-order valence-corrected chi connectivity index (χ1v) is 7.89. The standard InChI is InChI=1S/C16H21NOS/c1-11-14-7-3-4-8-15(14)19-16(11)12(2)17-13-6-5-9-18-10-13/h3-4,7-8,12-13,17H,5-6,9-10H2,1-2H3. The molecule has 0 aliphatic carbocycles. The molecule has 0 spiro atoms. The number of ether oxygens (including phenoxy) is 1. The summed E-state index contributed by atoms with van der Waals surface area (Å²) in [4.78, 5) is 1.46. The molecule has 3 heteroatoms. The van der Waals surface area contributed by atoms with E-state index in [2.05, 4.69) is 43.4 Å². The van der Waals surface area contributed by atoms with Gasteiger partial charge in [-0.2, -0.15) is 0 Å². The molecule has 1 aliphatic rings. The van der Waals surface area contributed by atoms with Crippen molar-refractivity contribution in [2.24, 2.45) is 0 Å². The first-order chi connectivity index (χ1) is 9.25. The second-order valence-corrected chi connectivity index (χ2v) is 6.47. The third-order valence-electron chi connectivity index (χ3n) is 3.92. The quantitative estimate of drug-likeness (QED) is 0.913. The zero-order valence-electron chi connectivity index (χ0n) is 11.6. The first-order valence-electron chi connectivity index (χ1n) is 7.07. The van der Waals surface area contributed by atoms with E-state index in [-0.39, 0.29) is 0 Å². The van der Waals surface area contributed by atoms with E-state index in [4.69, 9.17) is 4.74 Å². The summed E-state index contributed by atoms with van der Waals surface area (Å²) < 4.78 is 6.94. The number of benzene rings is 1. The minimum Gasteiger partial charge on any atom is -0.380 e. The number of rotatable bonds is 3. The Morgan fingerprint density at radius 1 is 1.37 bits per heavy atom. The van der Waals surface area contributed by atoms with Crippen LogP contribution in [-0.2, 0) is 4.74 Å². The van der Waals surface area contributed by atoms with Crippen molar-refractivity contribution in [1.29, 1.82) is 0 Å². The predicted molar refractivity (Wildman–Crippen MR) is 82.0 cm³/mol. The van der Waals surface area contributed by atoms with Crippen molar-refractivity contribution in [3.8, 4) is 0 Å². The molecule has 19 heavy (non-hydrogen) atoms. The Labute approximate surface area is 118 Å². The van der Waals surface area contributed by atoms with Gasteiger partial charge in [-0.05, 0) is 43.7 Å². The van der Waals surface area contributed by atoms with Crippen molar-refractivity contribution in [2.45, 2.75) is 38.8 Å². The van der Waals surface area contributed by atoms with Crippen LogP contribution >= 0.6 is 11.3 Å². The first kappa shape index (κ1) is 13.1. The van der Waals surface area contributed by atoms with Crippen molar-refractivity contribution in [3.63, 3.8) is 0 Å². The third kappa shape index (κ3) is 2.69. The maximum absolute atomic E-state index is 5.55. The van der Waals surface area contributed by atoms with E-state index in [0.29, 0.717) is 12.1 Å². The van der Waals surface area contributed by atoms with Gasteiger partial charge in [0.25, 0.3) is 0 Å². The van der Waals surface area contributed by atoms with Crippen LogP contribution in [0.4, 0.5) is 0 Å². The number of aryl methyl sites for hydroxylation is 1. The highest BCUT2D eigenvalue weighted by Crippen LogP contribution is 2.34. The fourth-order valence-corrected chi connectivity index (χ4v) is 4.13. The fraction of sp³-hybridized carbons (Fsp3) is 0.500. The topological polar surface area (TPSA) is 21.3 Å². The number of nitrogens with one attached hydrogen (secondary N) is 1. The van der Waals surface area contributed by atoms with Crippen LogP contribution in [0.5, 0.6) is 0 Å². The average molecular weight is 275 g/mol. The lowest BCUT2D eigenvalue weighted by molar-refractivity contribution is 0.0672. The highest BCUT2D eigenvalue weighted by molar-refractivity contribution is 7.19. The summed E-state index contributed by atoms with van der Waals surface area (Å²) in [5, 5.41) is 5.12. The van der Waals surface area contributed by atoms with Gasteiger partial charge in [-0.15, -0.1) is 11.3 Å². The molecule has 2 nitrogen and oxygen atoms in total. The summed E-state index contributed by atoms with van der Waals surface area (Å²) in [6.45, 7) is 6.29. The Morgan fingerprint density at radius 3 is 2.95 bits per heavy atom. The van der Waals surface area contributed by atoms with E-state index in [1.54, 1.807) is 0 Å². The normalized spacial score (nSPS) is 21.7. The molecule has 0 amide bonds. The second kappa shape index (κ2) is 5.61. The molecule has 102 valence electrons. The van der Waals surface area contributed by atoms with Gasteiger partial charge in [-0.1, -0.05) is 18.2 Å². The summed E-state index contributed by atoms with van der Waals surface area (Å²) in [5.41, 5.74) is 1.43. The van der Waals surface area contributed by atoms with Crippen LogP contribution in [0.15, 0.2) is 24.3 Å². The maximum Gasteiger partial charge on any atom is 0.0619 e. The molecular formula is C16H21NOS. The summed E-state index contributed by atoms with van der Waals surface area (Å²) in [7, 11) is 0. The van der Waals surface area contributed by atoms with Gasteiger partial charge in [0.15, 0.2) is 0 Å². The Bertz CT molecular complexity index is 557. The van der Waals surface area contributed by atoms with Crippen molar-refractivity contribution < 1.29 is 4.74 Å². The van der Waals surface area contributed by atoms with E-state index in [1.165, 1.54) is 33.4 Å². The number of thiophene rings is 1. The minimum absolute atomic E-state index is 0.407. The molecule has 2 aromatic rings. The number of hydrogen-bond donors (Lipinski definition) is 1. The molecule has 1 saturated heterocycles. The van der Waals surface area contributed by atoms with Crippen molar-refractivity contribution in [3.05, 3.63) is 34.7 Å². The van der Waals surface area contributed by atoms with Crippen molar-refractivity contribution >= 4 is 21.4 Å². The lowest BCUT2D eigenvalue weighted by Crippen LogP contribution is -2.38. The lowest BCUT2D eigenvalue weighted by atomic mass is 10.1. The molecule has 2 heterocycles. The molecule has 1 N–H and O–H groups in total. The van der Waals surface area contributed by atoms with Gasteiger partial charge in [-0.3, -0.25) is 0 Å². The monoisotopic (exact) mass is 275 g/mol. The van der Waals surface area contributed by atoms with Gasteiger partial charge in [0.05, 0.1) is 6.61 Å². The summed E-state index contributed by atoms with van der Waals surface area (Å²) in [6.07, 6.45) is 2.41. The maximum atomic E-state index is 5.55. The van der Waals surface area contributed by atoms with Crippen LogP contribution in [0, 0.1) is 6.92 Å². The summed E-state index contributed by atoms with van der Waals surface area (Å²) in [5.74, 6) is 0. The Morgan fingerprint density at radius 2 is 2.21 bits per heavy atom. The molecule has 2 unspecified atom stereocenters. The Hall–Kier alpha value is -0.900. The van der Waals surface area contributed by atoms with E-state index < -0.39 is 0 Å². The number of fused-ring (bicyclic) bond motifs is 1. The van der Waals surface area contributed by atoms with Gasteiger partial charge in [-0.25, -0.2) is 0 Å². The van der Waals surface area contributed by atoms with Gasteiger partial charge < -0.3 is 10.1 Å². The van der Waals surface area contributed by atoms with Crippen LogP contribution in [-0.4, -0.2) is 19.3 Å². The molecule has 0 saturated carbocycles. The second-order valence-electron chi connectivity index (χ2n) is 5.39. The molecule has 1 fully saturated rings. The Kier molecular flexibility index (Phi) is 3.87. The van der Waals surface area contributed by atoms with Crippen LogP contribution in [0.25, 0.3) is 10.1 Å². The van der Waals surface area contributed by atoms with Gasteiger partial charge in [0.2, 0.25) is 0 Å². The molecule has 2 atom stereocenters. The lowest BCUT2D eigenvalue weighted by Gasteiger charge is -2.26. The summed E-state index contributed by atoms with van der Waals surface area (Å²) in [6, 6.07) is 9.60. The fourth-order valence-electron chi connectivity index (χ4n) is 2.91. The van der Waals surface area contributed by atoms with Crippen LogP contribution in [0.3, 0.4) is 0 Å². The number of hydrogen-bond acceptors (Lipinski definition) is 3. The highest BCUT2D eigenvalue weighted by atomic mass is 32.1. The largest absolute Gasteiger partial charge is 0.380 e. The molecular weight excluding hydrogens is 254 g/mol. The van der Waals surface area contributed by atoms with Crippen LogP contribution in [0.2, 0.25) is 0 Å². The smallest absolute Gasteiger partial charge is 0.0619 e. The molecule has 0 radical (unpaired) electrons. The average Bonchev–Trinajstić information content (AvgIpc) is 2.78. The molecule has 1 aromatic heterocycles. The van der Waals surface area contributed by atoms with E-state index in [0.717, 1.165) is 13.2 Å². The van der Waals surface area contributed by atoms with E-state index in [9.17, 15) is 0 Å². The zero-order chi connectivity index (χ0) is 13.2. The van der Waals surface area contributed by atoms with Gasteiger partial charge in [0.1, 0.15) is 0 Å². The van der Waals surface area contributed by atoms with Crippen molar-refractivity contribution in [2.75, 3.05) is 13.2 Å². The zero-order valence-corrected chi connectivity index (χ0v) is 12.4. The summed E-state index contributed by atoms with van der Waals surface area (Å²) >= 11 is 1.92. The third-order valence-corrected chi connectivity index (χ3v) is 5.38. The minimum atomic E-state index is 0.407. The highest BCUT2D eigenvalue weighted by Gasteiger charge is 2.19. The molecule has 1 aliphatic heterocycles. The van der Waals surface area contributed by atoms with Gasteiger partial charge >= 0.3 is 0 Å². The predicted octanol–water partition coefficient (Wildman–Crippen LogP) is 4.04. The molecule has 0 bridgehead atoms. The van der Waals surface area contributed by atoms with E-state index >= 15 is 0 Å². The molecule has 1 aromatic carbocycles. The van der Waals surface area contributed by atoms with E-state index in [1.807, 2.05) is 11.3 Å². The van der Waals surface area contributed by atoms with Crippen LogP contribution < -0.4 is 5.32 Å². The molecule has 3 rings (SSSR count). The van der Waals surface area contributed by atoms with Gasteiger partial charge in [0, 0.05) is 28.3 Å².